The molecule has 0 aliphatic heterocycles. The fourth-order valence-electron chi connectivity index (χ4n) is 2.12. The van der Waals surface area contributed by atoms with Crippen molar-refractivity contribution in [2.45, 2.75) is 31.4 Å². The highest BCUT2D eigenvalue weighted by Gasteiger charge is 2.30. The molecule has 18 heavy (non-hydrogen) atoms. The zero-order chi connectivity index (χ0) is 12.4. The predicted molar refractivity (Wildman–Crippen MR) is 70.9 cm³/mol. The number of aliphatic hydroxyl groups is 1. The normalized spacial score (nSPS) is 18.3. The van der Waals surface area contributed by atoms with Crippen molar-refractivity contribution in [1.82, 2.24) is 0 Å². The van der Waals surface area contributed by atoms with Crippen molar-refractivity contribution in [3.8, 4) is 0 Å². The average molecular weight is 272 g/mol. The fourth-order valence-corrected chi connectivity index (χ4v) is 2.12. The molecule has 2 rings (SSSR count). The van der Waals surface area contributed by atoms with Crippen LogP contribution in [0.4, 0.5) is 0 Å². The van der Waals surface area contributed by atoms with Gasteiger partial charge >= 0.3 is 5.97 Å². The summed E-state index contributed by atoms with van der Waals surface area (Å²) in [7, 11) is 0. The minimum atomic E-state index is -0.954. The van der Waals surface area contributed by atoms with Crippen molar-refractivity contribution in [1.29, 1.82) is 0 Å². The number of aromatic carboxylic acids is 1. The topological polar surface area (TPSA) is 83.6 Å². The van der Waals surface area contributed by atoms with E-state index in [-0.39, 0.29) is 18.0 Å². The molecule has 1 aromatic carbocycles. The molecule has 1 aliphatic rings. The molecule has 0 heterocycles. The Bertz CT molecular complexity index is 403. The van der Waals surface area contributed by atoms with Gasteiger partial charge in [0.25, 0.3) is 0 Å². The van der Waals surface area contributed by atoms with Crippen molar-refractivity contribution < 1.29 is 15.0 Å². The van der Waals surface area contributed by atoms with Gasteiger partial charge in [-0.05, 0) is 36.5 Å². The molecule has 1 fully saturated rings. The maximum absolute atomic E-state index is 10.7. The lowest BCUT2D eigenvalue weighted by Crippen LogP contribution is -2.36. The highest BCUT2D eigenvalue weighted by molar-refractivity contribution is 5.87. The molecule has 1 aliphatic carbocycles. The number of carboxylic acid groups (broad SMARTS) is 1. The molecule has 4 nitrogen and oxygen atoms in total. The van der Waals surface area contributed by atoms with Crippen LogP contribution in [0, 0.1) is 5.92 Å². The first-order valence-electron chi connectivity index (χ1n) is 5.86. The lowest BCUT2D eigenvalue weighted by Gasteiger charge is -2.33. The van der Waals surface area contributed by atoms with Crippen LogP contribution >= 0.6 is 12.4 Å². The quantitative estimate of drug-likeness (QED) is 0.782. The van der Waals surface area contributed by atoms with E-state index in [4.69, 9.17) is 10.8 Å². The van der Waals surface area contributed by atoms with Crippen LogP contribution in [0.1, 0.15) is 41.2 Å². The summed E-state index contributed by atoms with van der Waals surface area (Å²) in [5, 5.41) is 18.8. The molecule has 5 heteroatoms. The molecule has 0 saturated heterocycles. The highest BCUT2D eigenvalue weighted by atomic mass is 35.5. The molecule has 0 amide bonds. The predicted octanol–water partition coefficient (Wildman–Crippen LogP) is 1.97. The Hall–Kier alpha value is -1.10. The maximum atomic E-state index is 10.7. The van der Waals surface area contributed by atoms with E-state index in [1.165, 1.54) is 12.1 Å². The van der Waals surface area contributed by atoms with Crippen LogP contribution in [0.2, 0.25) is 0 Å². The van der Waals surface area contributed by atoms with Gasteiger partial charge in [-0.25, -0.2) is 4.79 Å². The van der Waals surface area contributed by atoms with Crippen molar-refractivity contribution in [2.75, 3.05) is 0 Å². The van der Waals surface area contributed by atoms with Gasteiger partial charge < -0.3 is 15.9 Å². The molecule has 2 atom stereocenters. The first-order chi connectivity index (χ1) is 8.09. The van der Waals surface area contributed by atoms with Crippen LogP contribution in [0.3, 0.4) is 0 Å². The molecule has 0 spiro atoms. The van der Waals surface area contributed by atoms with Crippen LogP contribution < -0.4 is 5.73 Å². The molecular formula is C13H18ClNO3. The Balaban J connectivity index is 0.00000162. The number of halogens is 1. The average Bonchev–Trinajstić information content (AvgIpc) is 2.25. The van der Waals surface area contributed by atoms with E-state index in [0.717, 1.165) is 24.8 Å². The molecular weight excluding hydrogens is 254 g/mol. The van der Waals surface area contributed by atoms with Crippen molar-refractivity contribution in [3.63, 3.8) is 0 Å². The first kappa shape index (κ1) is 15.0. The lowest BCUT2D eigenvalue weighted by molar-refractivity contribution is 0.0414. The molecule has 100 valence electrons. The van der Waals surface area contributed by atoms with Crippen LogP contribution in [0.15, 0.2) is 24.3 Å². The summed E-state index contributed by atoms with van der Waals surface area (Å²) in [5.41, 5.74) is 7.00. The number of carboxylic acids is 1. The minimum absolute atomic E-state index is 0. The van der Waals surface area contributed by atoms with Crippen LogP contribution in [0.25, 0.3) is 0 Å². The Labute approximate surface area is 112 Å². The first-order valence-corrected chi connectivity index (χ1v) is 5.86. The lowest BCUT2D eigenvalue weighted by atomic mass is 9.77. The molecule has 1 saturated carbocycles. The largest absolute Gasteiger partial charge is 0.478 e. The zero-order valence-corrected chi connectivity index (χ0v) is 10.8. The number of aliphatic hydroxyl groups excluding tert-OH is 1. The van der Waals surface area contributed by atoms with Crippen LogP contribution in [-0.4, -0.2) is 22.3 Å². The minimum Gasteiger partial charge on any atom is -0.478 e. The van der Waals surface area contributed by atoms with Gasteiger partial charge in [0.1, 0.15) is 0 Å². The molecule has 0 aromatic heterocycles. The van der Waals surface area contributed by atoms with Gasteiger partial charge in [-0.2, -0.15) is 0 Å². The number of hydrogen-bond acceptors (Lipinski definition) is 3. The second-order valence-corrected chi connectivity index (χ2v) is 4.63. The molecule has 0 bridgehead atoms. The third-order valence-electron chi connectivity index (χ3n) is 3.54. The van der Waals surface area contributed by atoms with Crippen molar-refractivity contribution in [3.05, 3.63) is 35.4 Å². The van der Waals surface area contributed by atoms with Crippen LogP contribution in [0.5, 0.6) is 0 Å². The molecule has 1 aromatic rings. The van der Waals surface area contributed by atoms with Gasteiger partial charge in [0.15, 0.2) is 0 Å². The van der Waals surface area contributed by atoms with Gasteiger partial charge in [-0.1, -0.05) is 18.6 Å². The summed E-state index contributed by atoms with van der Waals surface area (Å²) in [5.74, 6) is -0.659. The number of benzene rings is 1. The van der Waals surface area contributed by atoms with Gasteiger partial charge in [0.05, 0.1) is 17.7 Å². The zero-order valence-electron chi connectivity index (χ0n) is 9.95. The summed E-state index contributed by atoms with van der Waals surface area (Å²) < 4.78 is 0. The van der Waals surface area contributed by atoms with E-state index in [1.54, 1.807) is 12.1 Å². The van der Waals surface area contributed by atoms with Gasteiger partial charge in [-0.15, -0.1) is 12.4 Å². The van der Waals surface area contributed by atoms with E-state index in [2.05, 4.69) is 0 Å². The molecule has 0 radical (unpaired) electrons. The number of carbonyl (C=O) groups is 1. The van der Waals surface area contributed by atoms with Gasteiger partial charge in [0, 0.05) is 0 Å². The number of rotatable bonds is 4. The van der Waals surface area contributed by atoms with E-state index >= 15 is 0 Å². The summed E-state index contributed by atoms with van der Waals surface area (Å²) in [6.45, 7) is 0. The Kier molecular flexibility index (Phi) is 5.14. The Morgan fingerprint density at radius 2 is 1.83 bits per heavy atom. The fraction of sp³-hybridized carbons (Fsp3) is 0.462. The highest BCUT2D eigenvalue weighted by Crippen LogP contribution is 2.34. The number of hydrogen-bond donors (Lipinski definition) is 3. The van der Waals surface area contributed by atoms with E-state index < -0.39 is 18.1 Å². The Morgan fingerprint density at radius 3 is 2.22 bits per heavy atom. The third-order valence-corrected chi connectivity index (χ3v) is 3.54. The van der Waals surface area contributed by atoms with Gasteiger partial charge in [-0.3, -0.25) is 0 Å². The Morgan fingerprint density at radius 1 is 1.28 bits per heavy atom. The third kappa shape index (κ3) is 3.02. The van der Waals surface area contributed by atoms with E-state index in [1.807, 2.05) is 0 Å². The maximum Gasteiger partial charge on any atom is 0.335 e. The van der Waals surface area contributed by atoms with E-state index in [9.17, 15) is 9.90 Å². The van der Waals surface area contributed by atoms with E-state index in [0.29, 0.717) is 5.92 Å². The van der Waals surface area contributed by atoms with Crippen molar-refractivity contribution in [2.24, 2.45) is 11.7 Å². The molecule has 4 N–H and O–H groups in total. The summed E-state index contributed by atoms with van der Waals surface area (Å²) in [4.78, 5) is 10.7. The summed E-state index contributed by atoms with van der Waals surface area (Å²) >= 11 is 0. The van der Waals surface area contributed by atoms with Gasteiger partial charge in [0.2, 0.25) is 0 Å². The second kappa shape index (κ2) is 6.18. The standard InChI is InChI=1S/C13H17NO3.ClH/c14-11(12(15)9-2-1-3-9)8-4-6-10(7-5-8)13(16)17;/h4-7,9,11-12,15H,1-3,14H2,(H,16,17);1H/t11-,12+;/m1./s1. The SMILES string of the molecule is Cl.N[C@H](c1ccc(C(=O)O)cc1)[C@@H](O)C1CCC1. The molecule has 0 unspecified atom stereocenters. The summed E-state index contributed by atoms with van der Waals surface area (Å²) in [6, 6.07) is 5.96. The monoisotopic (exact) mass is 271 g/mol. The summed E-state index contributed by atoms with van der Waals surface area (Å²) in [6.07, 6.45) is 2.69. The second-order valence-electron chi connectivity index (χ2n) is 4.63. The number of nitrogens with two attached hydrogens (primary N) is 1. The van der Waals surface area contributed by atoms with Crippen LogP contribution in [-0.2, 0) is 0 Å². The van der Waals surface area contributed by atoms with Crippen molar-refractivity contribution >= 4 is 18.4 Å². The smallest absolute Gasteiger partial charge is 0.335 e.